The molecule has 2 saturated heterocycles. The Morgan fingerprint density at radius 2 is 1.00 bits per heavy atom. The van der Waals surface area contributed by atoms with E-state index in [0.29, 0.717) is 11.5 Å². The summed E-state index contributed by atoms with van der Waals surface area (Å²) in [5, 5.41) is 7.18. The van der Waals surface area contributed by atoms with E-state index >= 15 is 0 Å². The van der Waals surface area contributed by atoms with Gasteiger partial charge in [0.25, 0.3) is 0 Å². The molecule has 62 heavy (non-hydrogen) atoms. The number of halogens is 4. The van der Waals surface area contributed by atoms with E-state index in [0.717, 1.165) is 83.7 Å². The lowest BCUT2D eigenvalue weighted by Gasteiger charge is -2.27. The van der Waals surface area contributed by atoms with Crippen LogP contribution in [0, 0.1) is 0 Å². The first kappa shape index (κ1) is 44.0. The number of rotatable bonds is 14. The minimum atomic E-state index is -1.68. The SMILES string of the molecule is COc1ccc(C(=CC2(C=C(c3ccc(NC(C)C4CCCO4)cc3)c3ccc(OC)cc3)OC(=O)c3c(Cl)c(Cl)c(Cl)c(Cl)c32)c2ccc(NC(C)C3CCCO3)cc2)cc1. The van der Waals surface area contributed by atoms with Crippen molar-refractivity contribution in [3.63, 3.8) is 0 Å². The summed E-state index contributed by atoms with van der Waals surface area (Å²) >= 11 is 27.6. The molecule has 0 amide bonds. The van der Waals surface area contributed by atoms with Gasteiger partial charge >= 0.3 is 5.97 Å². The first-order valence-corrected chi connectivity index (χ1v) is 22.3. The van der Waals surface area contributed by atoms with Crippen LogP contribution < -0.4 is 20.1 Å². The Morgan fingerprint density at radius 3 is 1.37 bits per heavy atom. The smallest absolute Gasteiger partial charge is 0.341 e. The van der Waals surface area contributed by atoms with Crippen LogP contribution in [0.2, 0.25) is 20.1 Å². The molecule has 0 spiro atoms. The van der Waals surface area contributed by atoms with Crippen molar-refractivity contribution in [2.75, 3.05) is 38.1 Å². The van der Waals surface area contributed by atoms with E-state index < -0.39 is 11.6 Å². The molecule has 3 aliphatic heterocycles. The van der Waals surface area contributed by atoms with Crippen LogP contribution in [-0.4, -0.2) is 57.7 Å². The average Bonchev–Trinajstić information content (AvgIpc) is 4.10. The van der Waals surface area contributed by atoms with Gasteiger partial charge in [0.2, 0.25) is 0 Å². The quantitative estimate of drug-likeness (QED) is 0.0647. The van der Waals surface area contributed by atoms with Crippen molar-refractivity contribution in [3.8, 4) is 11.5 Å². The third-order valence-corrected chi connectivity index (χ3v) is 13.7. The van der Waals surface area contributed by atoms with Gasteiger partial charge < -0.3 is 34.3 Å². The van der Waals surface area contributed by atoms with Gasteiger partial charge in [0.15, 0.2) is 5.60 Å². The molecular formula is C50H48Cl4N2O6. The zero-order valence-electron chi connectivity index (χ0n) is 34.9. The Balaban J connectivity index is 1.33. The van der Waals surface area contributed by atoms with Crippen molar-refractivity contribution in [3.05, 3.63) is 163 Å². The number of esters is 1. The van der Waals surface area contributed by atoms with Crippen LogP contribution in [0.25, 0.3) is 11.1 Å². The molecule has 3 aliphatic rings. The van der Waals surface area contributed by atoms with Crippen molar-refractivity contribution >= 4 is 74.9 Å². The molecule has 5 aromatic carbocycles. The molecular weight excluding hydrogens is 866 g/mol. The zero-order valence-corrected chi connectivity index (χ0v) is 37.9. The first-order chi connectivity index (χ1) is 30.0. The number of methoxy groups -OCH3 is 2. The summed E-state index contributed by atoms with van der Waals surface area (Å²) in [6.07, 6.45) is 8.25. The van der Waals surface area contributed by atoms with Gasteiger partial charge in [-0.25, -0.2) is 4.79 Å². The molecule has 2 fully saturated rings. The summed E-state index contributed by atoms with van der Waals surface area (Å²) in [6, 6.07) is 31.9. The minimum Gasteiger partial charge on any atom is -0.497 e. The largest absolute Gasteiger partial charge is 0.497 e. The van der Waals surface area contributed by atoms with Crippen molar-refractivity contribution < 1.29 is 28.5 Å². The third-order valence-electron chi connectivity index (χ3n) is 11.9. The molecule has 0 aromatic heterocycles. The molecule has 0 radical (unpaired) electrons. The number of cyclic esters (lactones) is 1. The van der Waals surface area contributed by atoms with E-state index in [4.69, 9.17) is 70.1 Å². The topological polar surface area (TPSA) is 87.3 Å². The molecule has 12 heteroatoms. The number of carbonyl (C=O) groups is 1. The lowest BCUT2D eigenvalue weighted by atomic mass is 9.83. The van der Waals surface area contributed by atoms with Gasteiger partial charge in [-0.3, -0.25) is 0 Å². The summed E-state index contributed by atoms with van der Waals surface area (Å²) in [4.78, 5) is 14.3. The fourth-order valence-electron chi connectivity index (χ4n) is 8.52. The van der Waals surface area contributed by atoms with Gasteiger partial charge in [-0.05, 0) is 134 Å². The fraction of sp³-hybridized carbons (Fsp3) is 0.300. The van der Waals surface area contributed by atoms with Crippen LogP contribution in [0.1, 0.15) is 77.7 Å². The Kier molecular flexibility index (Phi) is 13.5. The fourth-order valence-corrected chi connectivity index (χ4v) is 9.60. The standard InChI is InChI=1S/C50H48Cl4N2O6/c1-29(41-7-5-25-60-41)55-35-17-9-31(10-18-35)39(33-13-21-37(58-3)22-14-33)27-50(44-43(49(57)62-50)45(51)47(53)48(54)46(44)52)28-40(34-15-23-38(59-4)24-16-34)32-11-19-36(20-12-32)56-30(2)42-8-6-26-61-42/h9-24,27-30,41-42,55-56H,5-8,25-26H2,1-4H3. The number of fused-ring (bicyclic) bond motifs is 1. The number of hydrogen-bond acceptors (Lipinski definition) is 8. The van der Waals surface area contributed by atoms with Crippen LogP contribution in [0.3, 0.4) is 0 Å². The van der Waals surface area contributed by atoms with Gasteiger partial charge in [0.05, 0.1) is 52.1 Å². The average molecular weight is 915 g/mol. The highest BCUT2D eigenvalue weighted by atomic mass is 35.5. The maximum absolute atomic E-state index is 14.3. The highest BCUT2D eigenvalue weighted by Crippen LogP contribution is 2.53. The second-order valence-corrected chi connectivity index (χ2v) is 17.4. The van der Waals surface area contributed by atoms with Gasteiger partial charge in [0.1, 0.15) is 11.5 Å². The second kappa shape index (κ2) is 19.0. The van der Waals surface area contributed by atoms with Crippen LogP contribution in [-0.2, 0) is 19.8 Å². The Bertz CT molecular complexity index is 2330. The normalized spacial score (nSPS) is 21.0. The van der Waals surface area contributed by atoms with Gasteiger partial charge in [-0.2, -0.15) is 0 Å². The molecule has 3 heterocycles. The molecule has 322 valence electrons. The van der Waals surface area contributed by atoms with Crippen molar-refractivity contribution in [1.82, 2.24) is 0 Å². The van der Waals surface area contributed by atoms with E-state index in [1.165, 1.54) is 0 Å². The summed E-state index contributed by atoms with van der Waals surface area (Å²) in [5.74, 6) is 0.666. The number of hydrogen-bond donors (Lipinski definition) is 2. The van der Waals surface area contributed by atoms with E-state index in [9.17, 15) is 4.79 Å². The molecule has 8 rings (SSSR count). The molecule has 5 aromatic rings. The predicted octanol–water partition coefficient (Wildman–Crippen LogP) is 12.9. The summed E-state index contributed by atoms with van der Waals surface area (Å²) in [7, 11) is 3.25. The number of ether oxygens (including phenoxy) is 5. The molecule has 4 atom stereocenters. The molecule has 0 aliphatic carbocycles. The van der Waals surface area contributed by atoms with E-state index in [2.05, 4.69) is 24.5 Å². The highest BCUT2D eigenvalue weighted by molar-refractivity contribution is 6.53. The van der Waals surface area contributed by atoms with E-state index in [1.807, 2.05) is 109 Å². The number of nitrogens with one attached hydrogen (secondary N) is 2. The second-order valence-electron chi connectivity index (χ2n) is 15.9. The lowest BCUT2D eigenvalue weighted by Crippen LogP contribution is -2.29. The minimum absolute atomic E-state index is 0.00475. The summed E-state index contributed by atoms with van der Waals surface area (Å²) in [5.41, 5.74) is 5.30. The molecule has 0 saturated carbocycles. The maximum Gasteiger partial charge on any atom is 0.341 e. The van der Waals surface area contributed by atoms with Crippen LogP contribution in [0.4, 0.5) is 11.4 Å². The van der Waals surface area contributed by atoms with Crippen molar-refractivity contribution in [2.45, 2.75) is 69.4 Å². The third kappa shape index (κ3) is 9.05. The Labute approximate surface area is 383 Å². The number of benzene rings is 5. The van der Waals surface area contributed by atoms with Crippen molar-refractivity contribution in [2.24, 2.45) is 0 Å². The Hall–Kier alpha value is -4.67. The monoisotopic (exact) mass is 912 g/mol. The number of carbonyl (C=O) groups excluding carboxylic acids is 1. The molecule has 0 bridgehead atoms. The van der Waals surface area contributed by atoms with Gasteiger partial charge in [0, 0.05) is 42.2 Å². The molecule has 2 N–H and O–H groups in total. The van der Waals surface area contributed by atoms with Crippen LogP contribution in [0.15, 0.2) is 109 Å². The predicted molar refractivity (Wildman–Crippen MR) is 251 cm³/mol. The van der Waals surface area contributed by atoms with Gasteiger partial charge in [-0.1, -0.05) is 94.9 Å². The summed E-state index contributed by atoms with van der Waals surface area (Å²) < 4.78 is 29.6. The van der Waals surface area contributed by atoms with E-state index in [-0.39, 0.29) is 55.5 Å². The maximum atomic E-state index is 14.3. The first-order valence-electron chi connectivity index (χ1n) is 20.8. The lowest BCUT2D eigenvalue weighted by molar-refractivity contribution is 0.0300. The van der Waals surface area contributed by atoms with Crippen LogP contribution >= 0.6 is 46.4 Å². The number of anilines is 2. The van der Waals surface area contributed by atoms with E-state index in [1.54, 1.807) is 14.2 Å². The van der Waals surface area contributed by atoms with Gasteiger partial charge in [-0.15, -0.1) is 0 Å². The zero-order chi connectivity index (χ0) is 43.5. The molecule has 4 unspecified atom stereocenters. The van der Waals surface area contributed by atoms with Crippen molar-refractivity contribution in [1.29, 1.82) is 0 Å². The van der Waals surface area contributed by atoms with Crippen LogP contribution in [0.5, 0.6) is 11.5 Å². The Morgan fingerprint density at radius 1 is 0.613 bits per heavy atom. The molecule has 8 nitrogen and oxygen atoms in total. The highest BCUT2D eigenvalue weighted by Gasteiger charge is 2.48. The summed E-state index contributed by atoms with van der Waals surface area (Å²) in [6.45, 7) is 5.83.